The number of nitrogens with zero attached hydrogens (tertiary/aromatic N) is 4. The number of fused-ring (bicyclic) bond motifs is 3. The number of rotatable bonds is 0. The monoisotopic (exact) mass is 280 g/mol. The lowest BCUT2D eigenvalue weighted by atomic mass is 10.2. The Morgan fingerprint density at radius 1 is 1.50 bits per heavy atom. The molecule has 1 aliphatic heterocycles. The van der Waals surface area contributed by atoms with E-state index in [1.165, 1.54) is 0 Å². The summed E-state index contributed by atoms with van der Waals surface area (Å²) in [6.45, 7) is 2.59. The van der Waals surface area contributed by atoms with Gasteiger partial charge in [0.1, 0.15) is 12.4 Å². The lowest BCUT2D eigenvalue weighted by Gasteiger charge is -2.09. The molecule has 16 heavy (non-hydrogen) atoms. The molecular weight excluding hydrogens is 272 g/mol. The Labute approximate surface area is 101 Å². The van der Waals surface area contributed by atoms with E-state index in [1.54, 1.807) is 4.68 Å². The maximum atomic E-state index is 5.76. The topological polar surface area (TPSA) is 52.8 Å². The molecule has 5 nitrogen and oxygen atoms in total. The molecule has 82 valence electrons. The van der Waals surface area contributed by atoms with Gasteiger partial charge in [0.05, 0.1) is 16.1 Å². The fourth-order valence-corrected chi connectivity index (χ4v) is 2.25. The van der Waals surface area contributed by atoms with Crippen LogP contribution in [0.25, 0.3) is 11.4 Å². The summed E-state index contributed by atoms with van der Waals surface area (Å²) in [5, 5.41) is 11.8. The Bertz CT molecular complexity index is 539. The fourth-order valence-electron chi connectivity index (χ4n) is 1.77. The van der Waals surface area contributed by atoms with Crippen molar-refractivity contribution in [1.82, 2.24) is 20.2 Å². The number of tetrazole rings is 1. The van der Waals surface area contributed by atoms with Crippen LogP contribution in [0.15, 0.2) is 22.7 Å². The standard InChI is InChI=1S/C10H9BrN4O/c1-6-5-16-9-7(3-2-4-8(9)11)10-12-13-14-15(6)10/h2-4,6H,5H2,1H3/t6-/m1/s1. The smallest absolute Gasteiger partial charge is 0.186 e. The largest absolute Gasteiger partial charge is 0.489 e. The van der Waals surface area contributed by atoms with Crippen LogP contribution in [0.4, 0.5) is 0 Å². The van der Waals surface area contributed by atoms with Crippen molar-refractivity contribution in [3.63, 3.8) is 0 Å². The average molecular weight is 281 g/mol. The van der Waals surface area contributed by atoms with Gasteiger partial charge >= 0.3 is 0 Å². The van der Waals surface area contributed by atoms with E-state index in [0.29, 0.717) is 6.61 Å². The Hall–Kier alpha value is -1.43. The highest BCUT2D eigenvalue weighted by Crippen LogP contribution is 2.38. The van der Waals surface area contributed by atoms with Crippen LogP contribution in [-0.4, -0.2) is 26.8 Å². The maximum absolute atomic E-state index is 5.76. The zero-order valence-corrected chi connectivity index (χ0v) is 10.2. The van der Waals surface area contributed by atoms with Gasteiger partial charge in [0, 0.05) is 0 Å². The first kappa shape index (κ1) is 9.77. The van der Waals surface area contributed by atoms with E-state index in [9.17, 15) is 0 Å². The molecule has 1 aromatic heterocycles. The van der Waals surface area contributed by atoms with Crippen LogP contribution < -0.4 is 4.74 Å². The minimum Gasteiger partial charge on any atom is -0.489 e. The van der Waals surface area contributed by atoms with Gasteiger partial charge in [-0.2, -0.15) is 0 Å². The van der Waals surface area contributed by atoms with E-state index in [0.717, 1.165) is 21.6 Å². The van der Waals surface area contributed by atoms with Gasteiger partial charge in [-0.05, 0) is 45.4 Å². The van der Waals surface area contributed by atoms with Gasteiger partial charge < -0.3 is 4.74 Å². The molecule has 0 unspecified atom stereocenters. The van der Waals surface area contributed by atoms with Gasteiger partial charge in [0.25, 0.3) is 0 Å². The van der Waals surface area contributed by atoms with E-state index in [2.05, 4.69) is 31.5 Å². The van der Waals surface area contributed by atoms with Crippen molar-refractivity contribution in [2.75, 3.05) is 6.61 Å². The summed E-state index contributed by atoms with van der Waals surface area (Å²) in [5.41, 5.74) is 0.920. The van der Waals surface area contributed by atoms with Crippen molar-refractivity contribution in [1.29, 1.82) is 0 Å². The highest BCUT2D eigenvalue weighted by atomic mass is 79.9. The predicted octanol–water partition coefficient (Wildman–Crippen LogP) is 2.06. The van der Waals surface area contributed by atoms with Crippen LogP contribution in [0.1, 0.15) is 13.0 Å². The Kier molecular flexibility index (Phi) is 2.17. The maximum Gasteiger partial charge on any atom is 0.186 e. The zero-order chi connectivity index (χ0) is 11.1. The number of ether oxygens (including phenoxy) is 1. The highest BCUT2D eigenvalue weighted by molar-refractivity contribution is 9.10. The van der Waals surface area contributed by atoms with Crippen molar-refractivity contribution in [2.45, 2.75) is 13.0 Å². The first-order chi connectivity index (χ1) is 7.77. The molecule has 1 aromatic carbocycles. The van der Waals surface area contributed by atoms with Crippen molar-refractivity contribution in [3.8, 4) is 17.1 Å². The van der Waals surface area contributed by atoms with Crippen molar-refractivity contribution in [3.05, 3.63) is 22.7 Å². The van der Waals surface area contributed by atoms with Gasteiger partial charge in [-0.25, -0.2) is 4.68 Å². The Morgan fingerprint density at radius 3 is 3.25 bits per heavy atom. The molecule has 0 saturated heterocycles. The van der Waals surface area contributed by atoms with E-state index >= 15 is 0 Å². The molecule has 2 aromatic rings. The summed E-state index contributed by atoms with van der Waals surface area (Å²) in [5.74, 6) is 1.56. The van der Waals surface area contributed by atoms with E-state index < -0.39 is 0 Å². The molecule has 0 spiro atoms. The molecule has 0 bridgehead atoms. The second-order valence-electron chi connectivity index (χ2n) is 3.72. The van der Waals surface area contributed by atoms with Gasteiger partial charge in [-0.1, -0.05) is 6.07 Å². The minimum atomic E-state index is 0.129. The number of hydrogen-bond donors (Lipinski definition) is 0. The first-order valence-electron chi connectivity index (χ1n) is 4.97. The lowest BCUT2D eigenvalue weighted by Crippen LogP contribution is -2.13. The van der Waals surface area contributed by atoms with Crippen LogP contribution in [-0.2, 0) is 0 Å². The number of halogens is 1. The second-order valence-corrected chi connectivity index (χ2v) is 4.58. The van der Waals surface area contributed by atoms with Gasteiger partial charge in [0.2, 0.25) is 0 Å². The van der Waals surface area contributed by atoms with Crippen LogP contribution >= 0.6 is 15.9 Å². The molecule has 0 N–H and O–H groups in total. The number of para-hydroxylation sites is 1. The van der Waals surface area contributed by atoms with Crippen LogP contribution in [0.3, 0.4) is 0 Å². The second kappa shape index (κ2) is 3.55. The van der Waals surface area contributed by atoms with Crippen molar-refractivity contribution < 1.29 is 4.74 Å². The van der Waals surface area contributed by atoms with Crippen molar-refractivity contribution >= 4 is 15.9 Å². The SMILES string of the molecule is C[C@@H]1COc2c(Br)cccc2-c2nnnn21. The van der Waals surface area contributed by atoms with Crippen LogP contribution in [0.2, 0.25) is 0 Å². The molecule has 3 rings (SSSR count). The molecular formula is C10H9BrN4O. The number of hydrogen-bond acceptors (Lipinski definition) is 4. The first-order valence-corrected chi connectivity index (χ1v) is 5.76. The molecule has 1 aliphatic rings. The summed E-state index contributed by atoms with van der Waals surface area (Å²) >= 11 is 3.47. The summed E-state index contributed by atoms with van der Waals surface area (Å²) in [4.78, 5) is 0. The van der Waals surface area contributed by atoms with Crippen LogP contribution in [0, 0.1) is 0 Å². The molecule has 0 fully saturated rings. The molecule has 0 radical (unpaired) electrons. The molecule has 6 heteroatoms. The quantitative estimate of drug-likeness (QED) is 0.741. The summed E-state index contributed by atoms with van der Waals surface area (Å²) in [6, 6.07) is 5.98. The van der Waals surface area contributed by atoms with E-state index in [1.807, 2.05) is 25.1 Å². The third kappa shape index (κ3) is 1.33. The van der Waals surface area contributed by atoms with Crippen molar-refractivity contribution in [2.24, 2.45) is 0 Å². The molecule has 2 heterocycles. The number of aromatic nitrogens is 4. The Balaban J connectivity index is 2.29. The van der Waals surface area contributed by atoms with E-state index in [-0.39, 0.29) is 6.04 Å². The molecule has 0 amide bonds. The minimum absolute atomic E-state index is 0.129. The van der Waals surface area contributed by atoms with Gasteiger partial charge in [-0.3, -0.25) is 0 Å². The Morgan fingerprint density at radius 2 is 2.38 bits per heavy atom. The highest BCUT2D eigenvalue weighted by Gasteiger charge is 2.23. The fraction of sp³-hybridized carbons (Fsp3) is 0.300. The lowest BCUT2D eigenvalue weighted by molar-refractivity contribution is 0.257. The number of benzene rings is 1. The average Bonchev–Trinajstić information content (AvgIpc) is 2.71. The third-order valence-electron chi connectivity index (χ3n) is 2.59. The molecule has 0 aliphatic carbocycles. The molecule has 0 saturated carbocycles. The van der Waals surface area contributed by atoms with E-state index in [4.69, 9.17) is 4.74 Å². The normalized spacial score (nSPS) is 18.2. The van der Waals surface area contributed by atoms with Gasteiger partial charge in [0.15, 0.2) is 5.82 Å². The summed E-state index contributed by atoms with van der Waals surface area (Å²) in [7, 11) is 0. The summed E-state index contributed by atoms with van der Waals surface area (Å²) < 4.78 is 8.47. The molecule has 1 atom stereocenters. The predicted molar refractivity (Wildman–Crippen MR) is 61.2 cm³/mol. The third-order valence-corrected chi connectivity index (χ3v) is 3.21. The zero-order valence-electron chi connectivity index (χ0n) is 8.59. The van der Waals surface area contributed by atoms with Gasteiger partial charge in [-0.15, -0.1) is 5.10 Å². The summed E-state index contributed by atoms with van der Waals surface area (Å²) in [6.07, 6.45) is 0. The van der Waals surface area contributed by atoms with Crippen LogP contribution in [0.5, 0.6) is 5.75 Å².